The van der Waals surface area contributed by atoms with Crippen molar-refractivity contribution >= 4 is 34.8 Å². The van der Waals surface area contributed by atoms with E-state index in [9.17, 15) is 0 Å². The summed E-state index contributed by atoms with van der Waals surface area (Å²) in [6.45, 7) is 2.05. The molecule has 0 amide bonds. The van der Waals surface area contributed by atoms with Gasteiger partial charge in [-0.25, -0.2) is 4.40 Å². The number of hydrogen-bond donors (Lipinski definition) is 1. The lowest BCUT2D eigenvalue weighted by molar-refractivity contribution is 0.983. The molecule has 0 fully saturated rings. The van der Waals surface area contributed by atoms with Crippen LogP contribution in [-0.4, -0.2) is 33.7 Å². The highest BCUT2D eigenvalue weighted by Gasteiger charge is 2.11. The summed E-state index contributed by atoms with van der Waals surface area (Å²) < 4.78 is 2.67. The first-order chi connectivity index (χ1) is 8.58. The van der Waals surface area contributed by atoms with E-state index in [1.807, 2.05) is 23.4 Å². The fourth-order valence-electron chi connectivity index (χ4n) is 2.06. The number of H-pyrrole nitrogens is 1. The molecular weight excluding hydrogens is 246 g/mol. The van der Waals surface area contributed by atoms with Crippen LogP contribution >= 0.6 is 12.2 Å². The molecule has 0 radical (unpaired) electrons. The van der Waals surface area contributed by atoms with Crippen LogP contribution in [-0.2, 0) is 0 Å². The lowest BCUT2D eigenvalue weighted by atomic mass is 10.2. The second-order valence-corrected chi connectivity index (χ2v) is 4.94. The van der Waals surface area contributed by atoms with Gasteiger partial charge in [0.15, 0.2) is 0 Å². The monoisotopic (exact) mass is 259 g/mol. The number of aryl methyl sites for hydroxylation is 1. The normalized spacial score (nSPS) is 11.3. The van der Waals surface area contributed by atoms with Gasteiger partial charge in [0, 0.05) is 19.5 Å². The van der Waals surface area contributed by atoms with Crippen LogP contribution in [0.3, 0.4) is 0 Å². The SMILES string of the molecule is Cc1ccc2c(c1)c(=S)[nH]c1nnc(N(C)C)n12. The van der Waals surface area contributed by atoms with E-state index < -0.39 is 0 Å². The van der Waals surface area contributed by atoms with E-state index in [0.29, 0.717) is 10.4 Å². The number of rotatable bonds is 1. The Morgan fingerprint density at radius 3 is 2.78 bits per heavy atom. The Hall–Kier alpha value is -1.95. The summed E-state index contributed by atoms with van der Waals surface area (Å²) in [6, 6.07) is 6.20. The largest absolute Gasteiger partial charge is 0.347 e. The summed E-state index contributed by atoms with van der Waals surface area (Å²) in [5.41, 5.74) is 2.20. The van der Waals surface area contributed by atoms with Gasteiger partial charge in [-0.05, 0) is 19.1 Å². The Kier molecular flexibility index (Phi) is 2.34. The van der Waals surface area contributed by atoms with Gasteiger partial charge in [0.2, 0.25) is 11.7 Å². The molecule has 0 spiro atoms. The van der Waals surface area contributed by atoms with Crippen LogP contribution < -0.4 is 4.90 Å². The molecule has 1 N–H and O–H groups in total. The standard InChI is InChI=1S/C12H13N5S/c1-7-4-5-9-8(6-7)10(18)13-11-14-15-12(16(2)3)17(9)11/h4-6H,1-3H3,(H,13,14,18). The lowest BCUT2D eigenvalue weighted by Crippen LogP contribution is -2.13. The maximum atomic E-state index is 5.37. The fourth-order valence-corrected chi connectivity index (χ4v) is 2.32. The highest BCUT2D eigenvalue weighted by molar-refractivity contribution is 7.71. The van der Waals surface area contributed by atoms with Gasteiger partial charge in [-0.2, -0.15) is 0 Å². The minimum Gasteiger partial charge on any atom is -0.347 e. The topological polar surface area (TPSA) is 49.2 Å². The summed E-state index contributed by atoms with van der Waals surface area (Å²) in [5.74, 6) is 1.45. The van der Waals surface area contributed by atoms with Gasteiger partial charge in [0.05, 0.1) is 5.52 Å². The molecule has 0 unspecified atom stereocenters. The maximum Gasteiger partial charge on any atom is 0.235 e. The van der Waals surface area contributed by atoms with Crippen molar-refractivity contribution in [1.82, 2.24) is 19.6 Å². The van der Waals surface area contributed by atoms with E-state index in [1.165, 1.54) is 5.56 Å². The summed E-state index contributed by atoms with van der Waals surface area (Å²) in [4.78, 5) is 5.04. The molecule has 2 heterocycles. The Labute approximate surface area is 109 Å². The lowest BCUT2D eigenvalue weighted by Gasteiger charge is -2.11. The van der Waals surface area contributed by atoms with Gasteiger partial charge in [-0.15, -0.1) is 10.2 Å². The zero-order chi connectivity index (χ0) is 12.9. The highest BCUT2D eigenvalue weighted by Crippen LogP contribution is 2.21. The van der Waals surface area contributed by atoms with Gasteiger partial charge >= 0.3 is 0 Å². The molecule has 0 aliphatic heterocycles. The Morgan fingerprint density at radius 1 is 1.28 bits per heavy atom. The fraction of sp³-hybridized carbons (Fsp3) is 0.250. The van der Waals surface area contributed by atoms with Crippen molar-refractivity contribution in [3.63, 3.8) is 0 Å². The van der Waals surface area contributed by atoms with Crippen molar-refractivity contribution in [3.8, 4) is 0 Å². The molecule has 3 rings (SSSR count). The highest BCUT2D eigenvalue weighted by atomic mass is 32.1. The molecule has 0 saturated carbocycles. The summed E-state index contributed by atoms with van der Waals surface area (Å²) in [5, 5.41) is 9.31. The van der Waals surface area contributed by atoms with Crippen LogP contribution in [0, 0.1) is 11.6 Å². The Bertz CT molecular complexity index is 799. The molecule has 18 heavy (non-hydrogen) atoms. The van der Waals surface area contributed by atoms with Crippen molar-refractivity contribution in [1.29, 1.82) is 0 Å². The molecule has 2 aromatic heterocycles. The first kappa shape index (κ1) is 11.2. The number of anilines is 1. The molecule has 0 aliphatic carbocycles. The number of nitrogens with zero attached hydrogens (tertiary/aromatic N) is 4. The van der Waals surface area contributed by atoms with E-state index >= 15 is 0 Å². The second-order valence-electron chi connectivity index (χ2n) is 4.53. The van der Waals surface area contributed by atoms with Crippen LogP contribution in [0.4, 0.5) is 5.95 Å². The van der Waals surface area contributed by atoms with E-state index in [0.717, 1.165) is 16.9 Å². The van der Waals surface area contributed by atoms with Crippen molar-refractivity contribution < 1.29 is 0 Å². The minimum absolute atomic E-state index is 0.667. The Balaban J connectivity index is 2.57. The van der Waals surface area contributed by atoms with Crippen LogP contribution in [0.25, 0.3) is 16.7 Å². The third-order valence-corrected chi connectivity index (χ3v) is 3.23. The van der Waals surface area contributed by atoms with Crippen molar-refractivity contribution in [2.45, 2.75) is 6.92 Å². The van der Waals surface area contributed by atoms with Crippen molar-refractivity contribution in [3.05, 3.63) is 28.4 Å². The van der Waals surface area contributed by atoms with E-state index in [4.69, 9.17) is 12.2 Å². The number of benzene rings is 1. The molecular formula is C12H13N5S. The predicted molar refractivity (Wildman–Crippen MR) is 74.7 cm³/mol. The van der Waals surface area contributed by atoms with Gasteiger partial charge in [-0.1, -0.05) is 23.8 Å². The van der Waals surface area contributed by atoms with Gasteiger partial charge < -0.3 is 9.88 Å². The third kappa shape index (κ3) is 1.49. The predicted octanol–water partition coefficient (Wildman–Crippen LogP) is 2.31. The molecule has 5 nitrogen and oxygen atoms in total. The molecule has 6 heteroatoms. The number of nitrogens with one attached hydrogen (secondary N) is 1. The zero-order valence-electron chi connectivity index (χ0n) is 10.4. The van der Waals surface area contributed by atoms with Gasteiger partial charge in [0.25, 0.3) is 0 Å². The number of hydrogen-bond acceptors (Lipinski definition) is 4. The van der Waals surface area contributed by atoms with Crippen molar-refractivity contribution in [2.75, 3.05) is 19.0 Å². The summed E-state index contributed by atoms with van der Waals surface area (Å²) in [7, 11) is 3.89. The third-order valence-electron chi connectivity index (χ3n) is 2.91. The summed E-state index contributed by atoms with van der Waals surface area (Å²) >= 11 is 5.37. The van der Waals surface area contributed by atoms with Crippen LogP contribution in [0.15, 0.2) is 18.2 Å². The number of aromatic nitrogens is 4. The average molecular weight is 259 g/mol. The molecule has 1 aromatic carbocycles. The molecule has 3 aromatic rings. The van der Waals surface area contributed by atoms with Gasteiger partial charge in [0.1, 0.15) is 4.64 Å². The minimum atomic E-state index is 0.667. The average Bonchev–Trinajstić information content (AvgIpc) is 2.73. The number of aromatic amines is 1. The van der Waals surface area contributed by atoms with E-state index in [2.05, 4.69) is 40.3 Å². The molecule has 0 bridgehead atoms. The molecule has 0 atom stereocenters. The first-order valence-electron chi connectivity index (χ1n) is 5.63. The molecule has 0 saturated heterocycles. The maximum absolute atomic E-state index is 5.37. The van der Waals surface area contributed by atoms with E-state index in [-0.39, 0.29) is 0 Å². The molecule has 92 valence electrons. The van der Waals surface area contributed by atoms with E-state index in [1.54, 1.807) is 0 Å². The Morgan fingerprint density at radius 2 is 2.06 bits per heavy atom. The first-order valence-corrected chi connectivity index (χ1v) is 6.04. The second kappa shape index (κ2) is 3.78. The zero-order valence-corrected chi connectivity index (χ0v) is 11.2. The van der Waals surface area contributed by atoms with Crippen LogP contribution in [0.2, 0.25) is 0 Å². The summed E-state index contributed by atoms with van der Waals surface area (Å²) in [6.07, 6.45) is 0. The number of fused-ring (bicyclic) bond motifs is 3. The van der Waals surface area contributed by atoms with Gasteiger partial charge in [-0.3, -0.25) is 0 Å². The quantitative estimate of drug-likeness (QED) is 0.681. The van der Waals surface area contributed by atoms with Crippen LogP contribution in [0.5, 0.6) is 0 Å². The smallest absolute Gasteiger partial charge is 0.235 e. The van der Waals surface area contributed by atoms with Crippen LogP contribution in [0.1, 0.15) is 5.56 Å². The van der Waals surface area contributed by atoms with Crippen molar-refractivity contribution in [2.24, 2.45) is 0 Å². The molecule has 0 aliphatic rings.